The number of hydrogen-bond donors (Lipinski definition) is 2. The minimum absolute atomic E-state index is 0.0372. The second kappa shape index (κ2) is 8.36. The van der Waals surface area contributed by atoms with Gasteiger partial charge < -0.3 is 9.52 Å². The van der Waals surface area contributed by atoms with Gasteiger partial charge in [0.25, 0.3) is 11.6 Å². The van der Waals surface area contributed by atoms with Crippen LogP contribution in [0.1, 0.15) is 16.1 Å². The van der Waals surface area contributed by atoms with Gasteiger partial charge in [-0.1, -0.05) is 28.1 Å². The first-order chi connectivity index (χ1) is 13.3. The highest BCUT2D eigenvalue weighted by Crippen LogP contribution is 2.31. The minimum Gasteiger partial charge on any atom is -0.506 e. The maximum Gasteiger partial charge on any atom is 0.275 e. The number of hydrogen-bond acceptors (Lipinski definition) is 6. The lowest BCUT2D eigenvalue weighted by atomic mass is 10.1. The van der Waals surface area contributed by atoms with Crippen molar-refractivity contribution < 1.29 is 19.2 Å². The maximum atomic E-state index is 12.2. The molecule has 142 valence electrons. The molecule has 1 heterocycles. The van der Waals surface area contributed by atoms with Crippen molar-refractivity contribution in [3.8, 4) is 17.1 Å². The molecule has 1 aromatic heterocycles. The monoisotopic (exact) mass is 507 g/mol. The van der Waals surface area contributed by atoms with Crippen LogP contribution in [0.2, 0.25) is 0 Å². The molecule has 8 nitrogen and oxygen atoms in total. The molecule has 28 heavy (non-hydrogen) atoms. The first-order valence-electron chi connectivity index (χ1n) is 7.71. The number of nitrogens with zero attached hydrogens (tertiary/aromatic N) is 2. The number of furan rings is 1. The standard InChI is InChI=1S/C18H11Br2N3O5/c19-11-7-14(17(24)15(20)8-11)18(25)22-21-9-13-4-5-16(28-13)10-2-1-3-12(6-10)23(26)27/h1-9,24H,(H,22,25)/b21-9+. The van der Waals surface area contributed by atoms with Gasteiger partial charge in [-0.05, 0) is 40.2 Å². The molecule has 0 saturated heterocycles. The Morgan fingerprint density at radius 1 is 1.21 bits per heavy atom. The van der Waals surface area contributed by atoms with E-state index < -0.39 is 10.8 Å². The van der Waals surface area contributed by atoms with Crippen LogP contribution in [0.15, 0.2) is 67.0 Å². The van der Waals surface area contributed by atoms with Gasteiger partial charge in [-0.15, -0.1) is 0 Å². The number of nitro benzene ring substituents is 1. The minimum atomic E-state index is -0.610. The van der Waals surface area contributed by atoms with Crippen LogP contribution in [0.25, 0.3) is 11.3 Å². The molecule has 10 heteroatoms. The highest BCUT2D eigenvalue weighted by atomic mass is 79.9. The fourth-order valence-electron chi connectivity index (χ4n) is 2.30. The molecule has 0 saturated carbocycles. The van der Waals surface area contributed by atoms with Gasteiger partial charge in [-0.3, -0.25) is 14.9 Å². The smallest absolute Gasteiger partial charge is 0.275 e. The molecular formula is C18H11Br2N3O5. The molecule has 3 aromatic rings. The number of carbonyl (C=O) groups is 1. The SMILES string of the molecule is O=C(N/N=C/c1ccc(-c2cccc([N+](=O)[O-])c2)o1)c1cc(Br)cc(Br)c1O. The number of rotatable bonds is 5. The van der Waals surface area contributed by atoms with E-state index in [1.165, 1.54) is 24.4 Å². The predicted molar refractivity (Wildman–Crippen MR) is 109 cm³/mol. The lowest BCUT2D eigenvalue weighted by Crippen LogP contribution is -2.17. The average Bonchev–Trinajstić information content (AvgIpc) is 3.13. The normalized spacial score (nSPS) is 10.9. The van der Waals surface area contributed by atoms with Crippen molar-refractivity contribution >= 4 is 49.7 Å². The topological polar surface area (TPSA) is 118 Å². The summed E-state index contributed by atoms with van der Waals surface area (Å²) in [5.41, 5.74) is 2.83. The van der Waals surface area contributed by atoms with Gasteiger partial charge in [-0.25, -0.2) is 5.43 Å². The van der Waals surface area contributed by atoms with E-state index in [1.807, 2.05) is 0 Å². The van der Waals surface area contributed by atoms with Crippen LogP contribution in [-0.2, 0) is 0 Å². The summed E-state index contributed by atoms with van der Waals surface area (Å²) in [6.45, 7) is 0. The number of carbonyl (C=O) groups excluding carboxylic acids is 1. The van der Waals surface area contributed by atoms with Gasteiger partial charge in [-0.2, -0.15) is 5.10 Å². The Labute approximate surface area is 175 Å². The molecule has 0 radical (unpaired) electrons. The summed E-state index contributed by atoms with van der Waals surface area (Å²) in [7, 11) is 0. The molecule has 2 N–H and O–H groups in total. The van der Waals surface area contributed by atoms with Crippen molar-refractivity contribution in [2.24, 2.45) is 5.10 Å². The van der Waals surface area contributed by atoms with Crippen LogP contribution in [-0.4, -0.2) is 22.2 Å². The lowest BCUT2D eigenvalue weighted by Gasteiger charge is -2.05. The highest BCUT2D eigenvalue weighted by Gasteiger charge is 2.14. The average molecular weight is 509 g/mol. The summed E-state index contributed by atoms with van der Waals surface area (Å²) in [6.07, 6.45) is 1.28. The number of amides is 1. The van der Waals surface area contributed by atoms with Crippen LogP contribution in [0.3, 0.4) is 0 Å². The zero-order valence-corrected chi connectivity index (χ0v) is 17.1. The van der Waals surface area contributed by atoms with Crippen molar-refractivity contribution in [3.05, 3.63) is 78.9 Å². The number of halogens is 2. The molecule has 0 aliphatic carbocycles. The van der Waals surface area contributed by atoms with E-state index in [2.05, 4.69) is 42.4 Å². The van der Waals surface area contributed by atoms with E-state index in [4.69, 9.17) is 4.42 Å². The van der Waals surface area contributed by atoms with Crippen molar-refractivity contribution in [1.29, 1.82) is 0 Å². The first-order valence-corrected chi connectivity index (χ1v) is 9.30. The molecule has 1 amide bonds. The maximum absolute atomic E-state index is 12.2. The molecule has 0 bridgehead atoms. The number of phenolic OH excluding ortho intramolecular Hbond substituents is 1. The molecule has 0 atom stereocenters. The van der Waals surface area contributed by atoms with E-state index in [1.54, 1.807) is 30.3 Å². The van der Waals surface area contributed by atoms with Gasteiger partial charge >= 0.3 is 0 Å². The Morgan fingerprint density at radius 3 is 2.75 bits per heavy atom. The summed E-state index contributed by atoms with van der Waals surface area (Å²) >= 11 is 6.40. The Kier molecular flexibility index (Phi) is 5.90. The van der Waals surface area contributed by atoms with E-state index in [-0.39, 0.29) is 17.0 Å². The molecule has 0 aliphatic heterocycles. The summed E-state index contributed by atoms with van der Waals surface area (Å²) in [6, 6.07) is 12.3. The van der Waals surface area contributed by atoms with Crippen molar-refractivity contribution in [3.63, 3.8) is 0 Å². The Bertz CT molecular complexity index is 1090. The number of aromatic hydroxyl groups is 1. The fraction of sp³-hybridized carbons (Fsp3) is 0. The molecule has 2 aromatic carbocycles. The highest BCUT2D eigenvalue weighted by molar-refractivity contribution is 9.11. The summed E-state index contributed by atoms with van der Waals surface area (Å²) in [5, 5.41) is 24.6. The quantitative estimate of drug-likeness (QED) is 0.290. The third-order valence-electron chi connectivity index (χ3n) is 3.60. The second-order valence-electron chi connectivity index (χ2n) is 5.49. The van der Waals surface area contributed by atoms with Gasteiger partial charge in [0.1, 0.15) is 17.3 Å². The van der Waals surface area contributed by atoms with E-state index >= 15 is 0 Å². The molecule has 0 aliphatic rings. The summed E-state index contributed by atoms with van der Waals surface area (Å²) in [5.74, 6) is -0.0606. The van der Waals surface area contributed by atoms with Crippen LogP contribution in [0, 0.1) is 10.1 Å². The van der Waals surface area contributed by atoms with Crippen molar-refractivity contribution in [2.75, 3.05) is 0 Å². The van der Waals surface area contributed by atoms with Crippen molar-refractivity contribution in [2.45, 2.75) is 0 Å². The van der Waals surface area contributed by atoms with E-state index in [9.17, 15) is 20.0 Å². The van der Waals surface area contributed by atoms with Gasteiger partial charge in [0.15, 0.2) is 0 Å². The van der Waals surface area contributed by atoms with Crippen LogP contribution in [0.5, 0.6) is 5.75 Å². The zero-order chi connectivity index (χ0) is 20.3. The molecule has 3 rings (SSSR count). The van der Waals surface area contributed by atoms with Gasteiger partial charge in [0.2, 0.25) is 0 Å². The second-order valence-corrected chi connectivity index (χ2v) is 7.26. The molecule has 0 spiro atoms. The lowest BCUT2D eigenvalue weighted by molar-refractivity contribution is -0.384. The van der Waals surface area contributed by atoms with Gasteiger partial charge in [0, 0.05) is 22.2 Å². The number of nitro groups is 1. The summed E-state index contributed by atoms with van der Waals surface area (Å²) < 4.78 is 6.54. The predicted octanol–water partition coefficient (Wildman–Crippen LogP) is 4.85. The van der Waals surface area contributed by atoms with E-state index in [0.29, 0.717) is 26.0 Å². The summed E-state index contributed by atoms with van der Waals surface area (Å²) in [4.78, 5) is 22.5. The molecular weight excluding hydrogens is 498 g/mol. The molecule has 0 unspecified atom stereocenters. The largest absolute Gasteiger partial charge is 0.506 e. The number of benzene rings is 2. The first kappa shape index (κ1) is 19.8. The van der Waals surface area contributed by atoms with Crippen LogP contribution >= 0.6 is 31.9 Å². The van der Waals surface area contributed by atoms with Gasteiger partial charge in [0.05, 0.1) is 21.2 Å². The Morgan fingerprint density at radius 2 is 2.00 bits per heavy atom. The number of nitrogens with one attached hydrogen (secondary N) is 1. The number of non-ortho nitro benzene ring substituents is 1. The third-order valence-corrected chi connectivity index (χ3v) is 4.66. The molecule has 0 fully saturated rings. The third kappa shape index (κ3) is 4.46. The van der Waals surface area contributed by atoms with Crippen LogP contribution in [0.4, 0.5) is 5.69 Å². The number of phenols is 1. The van der Waals surface area contributed by atoms with Crippen LogP contribution < -0.4 is 5.43 Å². The van der Waals surface area contributed by atoms with E-state index in [0.717, 1.165) is 0 Å². The zero-order valence-electron chi connectivity index (χ0n) is 13.9. The van der Waals surface area contributed by atoms with Crippen molar-refractivity contribution in [1.82, 2.24) is 5.43 Å². The fourth-order valence-corrected chi connectivity index (χ4v) is 3.53. The Balaban J connectivity index is 1.72. The Hall–Kier alpha value is -2.98. The number of hydrazone groups is 1.